The van der Waals surface area contributed by atoms with Crippen LogP contribution >= 0.6 is 0 Å². The molecule has 1 unspecified atom stereocenters. The second kappa shape index (κ2) is 8.12. The molecule has 2 amide bonds. The summed E-state index contributed by atoms with van der Waals surface area (Å²) in [5.74, 6) is 0.251. The maximum atomic E-state index is 12.5. The van der Waals surface area contributed by atoms with E-state index in [1.165, 1.54) is 4.90 Å². The quantitative estimate of drug-likeness (QED) is 0.613. The number of amides is 2. The highest BCUT2D eigenvalue weighted by atomic mass is 16.5. The van der Waals surface area contributed by atoms with E-state index in [0.717, 1.165) is 5.56 Å². The Morgan fingerprint density at radius 2 is 1.84 bits per heavy atom. The molecule has 10 heteroatoms. The van der Waals surface area contributed by atoms with Gasteiger partial charge < -0.3 is 15.4 Å². The number of aromatic nitrogens is 4. The van der Waals surface area contributed by atoms with Crippen LogP contribution < -0.4 is 15.5 Å². The van der Waals surface area contributed by atoms with E-state index < -0.39 is 0 Å². The van der Waals surface area contributed by atoms with Gasteiger partial charge in [0.05, 0.1) is 30.8 Å². The summed E-state index contributed by atoms with van der Waals surface area (Å²) in [7, 11) is 0. The third kappa shape index (κ3) is 3.52. The van der Waals surface area contributed by atoms with Gasteiger partial charge in [0, 0.05) is 31.0 Å². The van der Waals surface area contributed by atoms with Gasteiger partial charge in [-0.2, -0.15) is 9.97 Å². The molecule has 32 heavy (non-hydrogen) atoms. The fourth-order valence-corrected chi connectivity index (χ4v) is 4.11. The number of hydrogen-bond donors (Lipinski definition) is 1. The minimum atomic E-state index is -0.237. The molecule has 0 saturated carbocycles. The number of imide groups is 1. The van der Waals surface area contributed by atoms with E-state index in [4.69, 9.17) is 15.5 Å². The lowest BCUT2D eigenvalue weighted by Gasteiger charge is -2.28. The van der Waals surface area contributed by atoms with Crippen molar-refractivity contribution < 1.29 is 14.3 Å². The van der Waals surface area contributed by atoms with E-state index in [-0.39, 0.29) is 30.1 Å². The maximum Gasteiger partial charge on any atom is 0.237 e. The number of morpholine rings is 1. The molecule has 164 valence electrons. The predicted octanol–water partition coefficient (Wildman–Crippen LogP) is 1.80. The summed E-state index contributed by atoms with van der Waals surface area (Å²) in [6, 6.07) is 7.18. The van der Waals surface area contributed by atoms with Gasteiger partial charge in [0.2, 0.25) is 17.8 Å². The number of carbonyl (C=O) groups excluding carboxylic acids is 2. The number of nitrogens with zero attached hydrogens (tertiary/aromatic N) is 6. The standard InChI is InChI=1S/C22H23N7O3/c1-2-13-11-17(30)29(21(13)31)15-5-3-14(4-6-15)16-12-24-19-18(25-16)20(27-22(23)26-19)28-7-9-32-10-8-28/h3-6,12-13H,2,7-11H2,1H3,(H2,23,24,26,27). The van der Waals surface area contributed by atoms with Crippen molar-refractivity contribution in [2.45, 2.75) is 19.8 Å². The number of fused-ring (bicyclic) bond motifs is 1. The van der Waals surface area contributed by atoms with Crippen LogP contribution in [-0.2, 0) is 14.3 Å². The van der Waals surface area contributed by atoms with Crippen LogP contribution in [0.1, 0.15) is 19.8 Å². The third-order valence-corrected chi connectivity index (χ3v) is 5.87. The number of rotatable bonds is 4. The zero-order chi connectivity index (χ0) is 22.2. The number of benzene rings is 1. The van der Waals surface area contributed by atoms with Gasteiger partial charge >= 0.3 is 0 Å². The Morgan fingerprint density at radius 3 is 2.53 bits per heavy atom. The first-order valence-corrected chi connectivity index (χ1v) is 10.7. The summed E-state index contributed by atoms with van der Waals surface area (Å²) in [5, 5.41) is 0. The normalized spacial score (nSPS) is 19.2. The van der Waals surface area contributed by atoms with Gasteiger partial charge in [0.25, 0.3) is 0 Å². The van der Waals surface area contributed by atoms with E-state index in [1.54, 1.807) is 18.3 Å². The van der Waals surface area contributed by atoms with Crippen LogP contribution in [0.25, 0.3) is 22.4 Å². The number of nitrogens with two attached hydrogens (primary N) is 1. The molecule has 0 spiro atoms. The largest absolute Gasteiger partial charge is 0.378 e. The average Bonchev–Trinajstić information content (AvgIpc) is 3.12. The van der Waals surface area contributed by atoms with Crippen LogP contribution in [0.2, 0.25) is 0 Å². The van der Waals surface area contributed by atoms with Gasteiger partial charge in [0.1, 0.15) is 0 Å². The van der Waals surface area contributed by atoms with Gasteiger partial charge in [-0.15, -0.1) is 0 Å². The summed E-state index contributed by atoms with van der Waals surface area (Å²) in [6.45, 7) is 4.49. The number of carbonyl (C=O) groups is 2. The zero-order valence-electron chi connectivity index (χ0n) is 17.7. The van der Waals surface area contributed by atoms with Crippen molar-refractivity contribution in [1.82, 2.24) is 19.9 Å². The van der Waals surface area contributed by atoms with Crippen molar-refractivity contribution in [3.63, 3.8) is 0 Å². The van der Waals surface area contributed by atoms with Gasteiger partial charge in [-0.25, -0.2) is 9.97 Å². The predicted molar refractivity (Wildman–Crippen MR) is 119 cm³/mol. The molecule has 2 aromatic heterocycles. The Morgan fingerprint density at radius 1 is 1.09 bits per heavy atom. The SMILES string of the molecule is CCC1CC(=O)N(c2ccc(-c3cnc4nc(N)nc(N5CCOCC5)c4n3)cc2)C1=O. The zero-order valence-corrected chi connectivity index (χ0v) is 17.7. The average molecular weight is 433 g/mol. The van der Waals surface area contributed by atoms with E-state index >= 15 is 0 Å². The molecule has 4 heterocycles. The van der Waals surface area contributed by atoms with Crippen molar-refractivity contribution in [2.75, 3.05) is 41.8 Å². The molecule has 2 saturated heterocycles. The summed E-state index contributed by atoms with van der Waals surface area (Å²) >= 11 is 0. The van der Waals surface area contributed by atoms with Crippen molar-refractivity contribution >= 4 is 40.4 Å². The minimum Gasteiger partial charge on any atom is -0.378 e. The molecule has 1 aromatic carbocycles. The van der Waals surface area contributed by atoms with E-state index in [0.29, 0.717) is 61.1 Å². The molecule has 2 fully saturated rings. The number of nitrogen functional groups attached to an aromatic ring is 1. The van der Waals surface area contributed by atoms with Gasteiger partial charge in [-0.05, 0) is 18.6 Å². The molecule has 10 nitrogen and oxygen atoms in total. The van der Waals surface area contributed by atoms with E-state index in [1.807, 2.05) is 19.1 Å². The van der Waals surface area contributed by atoms with Crippen LogP contribution in [-0.4, -0.2) is 58.1 Å². The highest BCUT2D eigenvalue weighted by Gasteiger charge is 2.38. The molecule has 0 bridgehead atoms. The summed E-state index contributed by atoms with van der Waals surface area (Å²) < 4.78 is 5.43. The summed E-state index contributed by atoms with van der Waals surface area (Å²) in [4.78, 5) is 46.0. The van der Waals surface area contributed by atoms with Gasteiger partial charge in [0.15, 0.2) is 17.0 Å². The van der Waals surface area contributed by atoms with Gasteiger partial charge in [-0.3, -0.25) is 14.5 Å². The van der Waals surface area contributed by atoms with Crippen LogP contribution in [0.4, 0.5) is 17.5 Å². The Balaban J connectivity index is 1.49. The van der Waals surface area contributed by atoms with Crippen LogP contribution in [0.5, 0.6) is 0 Å². The molecule has 5 rings (SSSR count). The highest BCUT2D eigenvalue weighted by molar-refractivity contribution is 6.20. The first kappa shape index (κ1) is 20.3. The molecular weight excluding hydrogens is 410 g/mol. The molecule has 2 aliphatic heterocycles. The topological polar surface area (TPSA) is 127 Å². The van der Waals surface area contributed by atoms with E-state index in [9.17, 15) is 9.59 Å². The number of ether oxygens (including phenoxy) is 1. The molecule has 0 aliphatic carbocycles. The van der Waals surface area contributed by atoms with Crippen molar-refractivity contribution in [2.24, 2.45) is 5.92 Å². The van der Waals surface area contributed by atoms with Crippen molar-refractivity contribution in [3.8, 4) is 11.3 Å². The lowest BCUT2D eigenvalue weighted by Crippen LogP contribution is -2.37. The Labute approximate surface area is 184 Å². The molecule has 2 aliphatic rings. The summed E-state index contributed by atoms with van der Waals surface area (Å²) in [6.07, 6.45) is 2.55. The van der Waals surface area contributed by atoms with Gasteiger partial charge in [-0.1, -0.05) is 19.1 Å². The lowest BCUT2D eigenvalue weighted by molar-refractivity contribution is -0.122. The fraction of sp³-hybridized carbons (Fsp3) is 0.364. The smallest absolute Gasteiger partial charge is 0.237 e. The molecule has 3 aromatic rings. The second-order valence-corrected chi connectivity index (χ2v) is 7.86. The maximum absolute atomic E-state index is 12.5. The van der Waals surface area contributed by atoms with Crippen molar-refractivity contribution in [3.05, 3.63) is 30.5 Å². The van der Waals surface area contributed by atoms with Crippen LogP contribution in [0, 0.1) is 5.92 Å². The monoisotopic (exact) mass is 433 g/mol. The molecule has 1 atom stereocenters. The molecule has 2 N–H and O–H groups in total. The van der Waals surface area contributed by atoms with E-state index in [2.05, 4.69) is 19.9 Å². The summed E-state index contributed by atoms with van der Waals surface area (Å²) in [5.41, 5.74) is 8.90. The minimum absolute atomic E-state index is 0.138. The third-order valence-electron chi connectivity index (χ3n) is 5.87. The fourth-order valence-electron chi connectivity index (χ4n) is 4.11. The lowest BCUT2D eigenvalue weighted by atomic mass is 10.1. The van der Waals surface area contributed by atoms with Crippen molar-refractivity contribution in [1.29, 1.82) is 0 Å². The first-order valence-electron chi connectivity index (χ1n) is 10.7. The molecular formula is C22H23N7O3. The highest BCUT2D eigenvalue weighted by Crippen LogP contribution is 2.31. The first-order chi connectivity index (χ1) is 15.5. The Kier molecular flexibility index (Phi) is 5.14. The Hall–Kier alpha value is -3.66. The molecule has 0 radical (unpaired) electrons. The second-order valence-electron chi connectivity index (χ2n) is 7.86. The van der Waals surface area contributed by atoms with Crippen LogP contribution in [0.15, 0.2) is 30.5 Å². The Bertz CT molecular complexity index is 1190. The number of anilines is 3. The van der Waals surface area contributed by atoms with Crippen LogP contribution in [0.3, 0.4) is 0 Å². The number of hydrogen-bond acceptors (Lipinski definition) is 9.